The van der Waals surface area contributed by atoms with Crippen LogP contribution in [-0.4, -0.2) is 55.4 Å². The van der Waals surface area contributed by atoms with Crippen molar-refractivity contribution in [2.75, 3.05) is 13.7 Å². The average Bonchev–Trinajstić information content (AvgIpc) is 3.26. The molecule has 6 atom stereocenters. The molecule has 0 radical (unpaired) electrons. The quantitative estimate of drug-likeness (QED) is 0.768. The van der Waals surface area contributed by atoms with E-state index in [0.717, 1.165) is 0 Å². The standard InChI is InChI=1S/C20H23NO8/c1-11(22)21-16-17(23)18-15(10-26-19(29-18)14-4-3-9-25-14)28-20(16)27-13-7-5-12(24-2)6-8-13/h3-9,15-20,23H,10H2,1-2H3,(H,21,22)/t15-,16+,17+,18+,19+,20+/m1/s1. The number of carbonyl (C=O) groups excluding carboxylic acids is 1. The molecule has 0 saturated carbocycles. The Morgan fingerprint density at radius 3 is 2.59 bits per heavy atom. The summed E-state index contributed by atoms with van der Waals surface area (Å²) in [6.45, 7) is 1.53. The molecule has 9 nitrogen and oxygen atoms in total. The van der Waals surface area contributed by atoms with Crippen LogP contribution in [-0.2, 0) is 19.0 Å². The number of nitrogens with one attached hydrogen (secondary N) is 1. The van der Waals surface area contributed by atoms with Crippen molar-refractivity contribution in [2.45, 2.75) is 43.9 Å². The number of aliphatic hydroxyl groups is 1. The lowest BCUT2D eigenvalue weighted by molar-refractivity contribution is -0.336. The highest BCUT2D eigenvalue weighted by atomic mass is 16.8. The van der Waals surface area contributed by atoms with Crippen LogP contribution in [0.4, 0.5) is 0 Å². The Balaban J connectivity index is 1.51. The SMILES string of the molecule is COc1ccc(O[C@H]2O[C@@H]3CO[C@H](c4ccco4)O[C@@H]3[C@@H](O)[C@@H]2NC(C)=O)cc1. The molecule has 3 heterocycles. The second-order valence-electron chi connectivity index (χ2n) is 6.83. The maximum absolute atomic E-state index is 11.7. The fourth-order valence-corrected chi connectivity index (χ4v) is 3.44. The molecule has 0 spiro atoms. The number of methoxy groups -OCH3 is 1. The highest BCUT2D eigenvalue weighted by Crippen LogP contribution is 2.35. The summed E-state index contributed by atoms with van der Waals surface area (Å²) in [4.78, 5) is 11.7. The molecule has 2 aliphatic rings. The number of fused-ring (bicyclic) bond motifs is 1. The number of furan rings is 1. The van der Waals surface area contributed by atoms with Gasteiger partial charge in [0.05, 0.1) is 20.0 Å². The molecule has 2 fully saturated rings. The lowest BCUT2D eigenvalue weighted by Crippen LogP contribution is -2.67. The summed E-state index contributed by atoms with van der Waals surface area (Å²) >= 11 is 0. The van der Waals surface area contributed by atoms with Crippen molar-refractivity contribution in [2.24, 2.45) is 0 Å². The van der Waals surface area contributed by atoms with E-state index in [2.05, 4.69) is 5.32 Å². The van der Waals surface area contributed by atoms with Gasteiger partial charge in [-0.2, -0.15) is 0 Å². The van der Waals surface area contributed by atoms with Crippen LogP contribution < -0.4 is 14.8 Å². The molecule has 2 N–H and O–H groups in total. The first kappa shape index (κ1) is 19.7. The smallest absolute Gasteiger partial charge is 0.223 e. The van der Waals surface area contributed by atoms with Crippen molar-refractivity contribution in [3.63, 3.8) is 0 Å². The van der Waals surface area contributed by atoms with E-state index >= 15 is 0 Å². The van der Waals surface area contributed by atoms with Crippen molar-refractivity contribution in [3.8, 4) is 11.5 Å². The summed E-state index contributed by atoms with van der Waals surface area (Å²) in [5, 5.41) is 13.7. The Hall–Kier alpha value is -2.59. The van der Waals surface area contributed by atoms with Crippen LogP contribution in [0.5, 0.6) is 11.5 Å². The molecule has 29 heavy (non-hydrogen) atoms. The minimum absolute atomic E-state index is 0.169. The predicted molar refractivity (Wildman–Crippen MR) is 98.2 cm³/mol. The molecule has 1 aromatic carbocycles. The third-order valence-electron chi connectivity index (χ3n) is 4.82. The van der Waals surface area contributed by atoms with E-state index in [4.69, 9.17) is 28.1 Å². The lowest BCUT2D eigenvalue weighted by Gasteiger charge is -2.47. The molecule has 4 rings (SSSR count). The summed E-state index contributed by atoms with van der Waals surface area (Å²) in [7, 11) is 1.57. The summed E-state index contributed by atoms with van der Waals surface area (Å²) in [5.74, 6) is 1.35. The molecule has 2 aliphatic heterocycles. The molecule has 0 aliphatic carbocycles. The molecule has 2 aromatic rings. The maximum atomic E-state index is 11.7. The van der Waals surface area contributed by atoms with Gasteiger partial charge >= 0.3 is 0 Å². The van der Waals surface area contributed by atoms with Crippen molar-refractivity contribution < 1.29 is 38.0 Å². The van der Waals surface area contributed by atoms with Gasteiger partial charge in [-0.1, -0.05) is 0 Å². The van der Waals surface area contributed by atoms with Crippen molar-refractivity contribution in [1.82, 2.24) is 5.32 Å². The van der Waals surface area contributed by atoms with Gasteiger partial charge < -0.3 is 38.5 Å². The minimum Gasteiger partial charge on any atom is -0.497 e. The second kappa shape index (κ2) is 8.42. The third kappa shape index (κ3) is 4.23. The highest BCUT2D eigenvalue weighted by molar-refractivity contribution is 5.73. The van der Waals surface area contributed by atoms with Crippen LogP contribution >= 0.6 is 0 Å². The molecular formula is C20H23NO8. The molecule has 0 unspecified atom stereocenters. The van der Waals surface area contributed by atoms with E-state index in [1.54, 1.807) is 43.5 Å². The zero-order valence-corrected chi connectivity index (χ0v) is 16.0. The zero-order chi connectivity index (χ0) is 20.4. The molecule has 2 saturated heterocycles. The van der Waals surface area contributed by atoms with E-state index in [1.165, 1.54) is 13.2 Å². The maximum Gasteiger partial charge on any atom is 0.223 e. The molecular weight excluding hydrogens is 382 g/mol. The van der Waals surface area contributed by atoms with Gasteiger partial charge in [-0.25, -0.2) is 0 Å². The molecule has 156 valence electrons. The Kier molecular flexibility index (Phi) is 5.72. The third-order valence-corrected chi connectivity index (χ3v) is 4.82. The van der Waals surface area contributed by atoms with Crippen LogP contribution in [0.1, 0.15) is 19.0 Å². The van der Waals surface area contributed by atoms with E-state index in [9.17, 15) is 9.90 Å². The fourth-order valence-electron chi connectivity index (χ4n) is 3.44. The number of amides is 1. The molecule has 0 bridgehead atoms. The van der Waals surface area contributed by atoms with E-state index < -0.39 is 36.9 Å². The van der Waals surface area contributed by atoms with Crippen LogP contribution in [0.15, 0.2) is 47.1 Å². The van der Waals surface area contributed by atoms with Gasteiger partial charge in [0.15, 0.2) is 5.76 Å². The highest BCUT2D eigenvalue weighted by Gasteiger charge is 2.51. The Labute approximate surface area is 167 Å². The van der Waals surface area contributed by atoms with Crippen LogP contribution in [0, 0.1) is 0 Å². The van der Waals surface area contributed by atoms with E-state index in [1.807, 2.05) is 0 Å². The topological polar surface area (TPSA) is 109 Å². The first-order valence-corrected chi connectivity index (χ1v) is 9.27. The van der Waals surface area contributed by atoms with Gasteiger partial charge in [-0.15, -0.1) is 0 Å². The molecule has 1 aromatic heterocycles. The number of ether oxygens (including phenoxy) is 5. The van der Waals surface area contributed by atoms with Crippen LogP contribution in [0.2, 0.25) is 0 Å². The van der Waals surface area contributed by atoms with E-state index in [0.29, 0.717) is 17.3 Å². The summed E-state index contributed by atoms with van der Waals surface area (Å²) in [6.07, 6.45) is -2.57. The summed E-state index contributed by atoms with van der Waals surface area (Å²) in [6, 6.07) is 9.52. The second-order valence-corrected chi connectivity index (χ2v) is 6.83. The van der Waals surface area contributed by atoms with Gasteiger partial charge in [0.1, 0.15) is 35.9 Å². The Bertz CT molecular complexity index is 808. The lowest BCUT2D eigenvalue weighted by atomic mass is 9.96. The summed E-state index contributed by atoms with van der Waals surface area (Å²) in [5.41, 5.74) is 0. The summed E-state index contributed by atoms with van der Waals surface area (Å²) < 4.78 is 33.9. The van der Waals surface area contributed by atoms with Crippen molar-refractivity contribution in [1.29, 1.82) is 0 Å². The number of hydrogen-bond acceptors (Lipinski definition) is 8. The Morgan fingerprint density at radius 2 is 1.93 bits per heavy atom. The van der Waals surface area contributed by atoms with Gasteiger partial charge in [0, 0.05) is 6.92 Å². The predicted octanol–water partition coefficient (Wildman–Crippen LogP) is 1.37. The fraction of sp³-hybridized carbons (Fsp3) is 0.450. The van der Waals surface area contributed by atoms with Crippen molar-refractivity contribution in [3.05, 3.63) is 48.4 Å². The van der Waals surface area contributed by atoms with Crippen LogP contribution in [0.3, 0.4) is 0 Å². The number of hydrogen-bond donors (Lipinski definition) is 2. The molecule has 9 heteroatoms. The first-order chi connectivity index (χ1) is 14.0. The van der Waals surface area contributed by atoms with Gasteiger partial charge in [0.25, 0.3) is 0 Å². The number of benzene rings is 1. The zero-order valence-electron chi connectivity index (χ0n) is 16.0. The minimum atomic E-state index is -1.08. The normalized spacial score (nSPS) is 31.6. The van der Waals surface area contributed by atoms with Gasteiger partial charge in [-0.3, -0.25) is 4.79 Å². The number of rotatable bonds is 5. The van der Waals surface area contributed by atoms with Gasteiger partial charge in [0.2, 0.25) is 18.5 Å². The number of aliphatic hydroxyl groups excluding tert-OH is 1. The first-order valence-electron chi connectivity index (χ1n) is 9.27. The monoisotopic (exact) mass is 405 g/mol. The van der Waals surface area contributed by atoms with Crippen molar-refractivity contribution >= 4 is 5.91 Å². The Morgan fingerprint density at radius 1 is 1.17 bits per heavy atom. The molecule has 1 amide bonds. The van der Waals surface area contributed by atoms with Gasteiger partial charge in [-0.05, 0) is 36.4 Å². The van der Waals surface area contributed by atoms with E-state index in [-0.39, 0.29) is 12.5 Å². The van der Waals surface area contributed by atoms with Crippen LogP contribution in [0.25, 0.3) is 0 Å². The average molecular weight is 405 g/mol. The largest absolute Gasteiger partial charge is 0.497 e. The number of carbonyl (C=O) groups is 1.